The molecule has 0 amide bonds. The molecule has 1 aliphatic rings. The predicted molar refractivity (Wildman–Crippen MR) is 90.2 cm³/mol. The summed E-state index contributed by atoms with van der Waals surface area (Å²) >= 11 is 13.9. The SMILES string of the molecule is Clc1ccc(COc2ncnc3sc4c(c23)CCC4)c(Cl)c1. The summed E-state index contributed by atoms with van der Waals surface area (Å²) in [5.74, 6) is 0.649. The third-order valence-electron chi connectivity index (χ3n) is 3.85. The van der Waals surface area contributed by atoms with E-state index in [9.17, 15) is 0 Å². The normalized spacial score (nSPS) is 13.5. The topological polar surface area (TPSA) is 35.0 Å². The lowest BCUT2D eigenvalue weighted by Gasteiger charge is -2.08. The van der Waals surface area contributed by atoms with Crippen LogP contribution in [0.1, 0.15) is 22.4 Å². The molecule has 2 heterocycles. The maximum absolute atomic E-state index is 6.19. The second kappa shape index (κ2) is 5.69. The Morgan fingerprint density at radius 2 is 2.09 bits per heavy atom. The number of hydrogen-bond donors (Lipinski definition) is 0. The number of rotatable bonds is 3. The van der Waals surface area contributed by atoms with Crippen molar-refractivity contribution in [1.82, 2.24) is 9.97 Å². The van der Waals surface area contributed by atoms with Crippen LogP contribution in [0.5, 0.6) is 5.88 Å². The standard InChI is InChI=1S/C16H12Cl2N2OS/c17-10-5-4-9(12(18)6-10)7-21-15-14-11-2-1-3-13(11)22-16(14)20-8-19-15/h4-6,8H,1-3,7H2. The van der Waals surface area contributed by atoms with Crippen LogP contribution in [0.2, 0.25) is 10.0 Å². The van der Waals surface area contributed by atoms with Gasteiger partial charge in [0, 0.05) is 20.5 Å². The largest absolute Gasteiger partial charge is 0.472 e. The summed E-state index contributed by atoms with van der Waals surface area (Å²) in [7, 11) is 0. The van der Waals surface area contributed by atoms with Crippen molar-refractivity contribution >= 4 is 44.8 Å². The zero-order valence-corrected chi connectivity index (χ0v) is 13.9. The molecule has 3 nitrogen and oxygen atoms in total. The van der Waals surface area contributed by atoms with Gasteiger partial charge in [0.15, 0.2) is 0 Å². The summed E-state index contributed by atoms with van der Waals surface area (Å²) in [5.41, 5.74) is 2.25. The minimum Gasteiger partial charge on any atom is -0.472 e. The Bertz CT molecular complexity index is 863. The Balaban J connectivity index is 1.67. The van der Waals surface area contributed by atoms with Gasteiger partial charge in [0.05, 0.1) is 5.39 Å². The van der Waals surface area contributed by atoms with Gasteiger partial charge in [-0.25, -0.2) is 9.97 Å². The van der Waals surface area contributed by atoms with Crippen molar-refractivity contribution in [3.63, 3.8) is 0 Å². The molecule has 112 valence electrons. The molecule has 6 heteroatoms. The highest BCUT2D eigenvalue weighted by atomic mass is 35.5. The molecule has 2 aromatic heterocycles. The van der Waals surface area contributed by atoms with Gasteiger partial charge in [0.1, 0.15) is 17.8 Å². The van der Waals surface area contributed by atoms with E-state index >= 15 is 0 Å². The van der Waals surface area contributed by atoms with Crippen LogP contribution in [0, 0.1) is 0 Å². The molecule has 0 unspecified atom stereocenters. The van der Waals surface area contributed by atoms with Crippen LogP contribution in [0.15, 0.2) is 24.5 Å². The van der Waals surface area contributed by atoms with Gasteiger partial charge < -0.3 is 4.74 Å². The Hall–Kier alpha value is -1.36. The zero-order valence-electron chi connectivity index (χ0n) is 11.6. The summed E-state index contributed by atoms with van der Waals surface area (Å²) in [4.78, 5) is 11.1. The number of hydrogen-bond acceptors (Lipinski definition) is 4. The number of aromatic nitrogens is 2. The lowest BCUT2D eigenvalue weighted by Crippen LogP contribution is -1.99. The molecule has 1 aliphatic carbocycles. The molecule has 0 saturated carbocycles. The molecule has 3 aromatic rings. The van der Waals surface area contributed by atoms with Gasteiger partial charge >= 0.3 is 0 Å². The van der Waals surface area contributed by atoms with E-state index in [0.717, 1.165) is 28.6 Å². The number of ether oxygens (including phenoxy) is 1. The van der Waals surface area contributed by atoms with Gasteiger partial charge in [-0.05, 0) is 37.0 Å². The minimum absolute atomic E-state index is 0.368. The smallest absolute Gasteiger partial charge is 0.225 e. The summed E-state index contributed by atoms with van der Waals surface area (Å²) in [6.07, 6.45) is 4.99. The van der Waals surface area contributed by atoms with Crippen molar-refractivity contribution in [1.29, 1.82) is 0 Å². The number of aryl methyl sites for hydroxylation is 2. The first-order valence-corrected chi connectivity index (χ1v) is 8.61. The lowest BCUT2D eigenvalue weighted by atomic mass is 10.2. The van der Waals surface area contributed by atoms with Crippen molar-refractivity contribution in [3.05, 3.63) is 50.6 Å². The van der Waals surface area contributed by atoms with E-state index in [1.54, 1.807) is 23.7 Å². The van der Waals surface area contributed by atoms with Gasteiger partial charge in [0.25, 0.3) is 0 Å². The molecule has 0 N–H and O–H groups in total. The fourth-order valence-electron chi connectivity index (χ4n) is 2.79. The fraction of sp³-hybridized carbons (Fsp3) is 0.250. The average Bonchev–Trinajstić information content (AvgIpc) is 3.06. The first-order chi connectivity index (χ1) is 10.7. The lowest BCUT2D eigenvalue weighted by molar-refractivity contribution is 0.297. The number of benzene rings is 1. The molecule has 0 fully saturated rings. The van der Waals surface area contributed by atoms with E-state index in [0.29, 0.717) is 22.5 Å². The van der Waals surface area contributed by atoms with E-state index in [1.165, 1.54) is 16.9 Å². The van der Waals surface area contributed by atoms with Crippen molar-refractivity contribution < 1.29 is 4.74 Å². The van der Waals surface area contributed by atoms with Crippen molar-refractivity contribution in [3.8, 4) is 5.88 Å². The number of nitrogens with zero attached hydrogens (tertiary/aromatic N) is 2. The predicted octanol–water partition coefficient (Wildman–Crippen LogP) is 5.07. The third kappa shape index (κ3) is 2.45. The molecule has 4 rings (SSSR count). The molecule has 0 saturated heterocycles. The number of thiophene rings is 1. The Labute approximate surface area is 141 Å². The van der Waals surface area contributed by atoms with Crippen LogP contribution in [0.25, 0.3) is 10.2 Å². The van der Waals surface area contributed by atoms with E-state index in [2.05, 4.69) is 9.97 Å². The number of fused-ring (bicyclic) bond motifs is 3. The minimum atomic E-state index is 0.368. The second-order valence-electron chi connectivity index (χ2n) is 5.24. The molecule has 0 radical (unpaired) electrons. The summed E-state index contributed by atoms with van der Waals surface area (Å²) in [6.45, 7) is 0.368. The molecule has 1 aromatic carbocycles. The van der Waals surface area contributed by atoms with Gasteiger partial charge in [-0.15, -0.1) is 11.3 Å². The van der Waals surface area contributed by atoms with E-state index < -0.39 is 0 Å². The van der Waals surface area contributed by atoms with Gasteiger partial charge in [-0.2, -0.15) is 0 Å². The molecular weight excluding hydrogens is 339 g/mol. The molecular formula is C16H12Cl2N2OS. The third-order valence-corrected chi connectivity index (χ3v) is 5.63. The highest BCUT2D eigenvalue weighted by molar-refractivity contribution is 7.18. The molecule has 0 bridgehead atoms. The van der Waals surface area contributed by atoms with Crippen LogP contribution < -0.4 is 4.74 Å². The fourth-order valence-corrected chi connectivity index (χ4v) is 4.48. The quantitative estimate of drug-likeness (QED) is 0.661. The monoisotopic (exact) mass is 350 g/mol. The van der Waals surface area contributed by atoms with Crippen molar-refractivity contribution in [2.75, 3.05) is 0 Å². The van der Waals surface area contributed by atoms with Crippen molar-refractivity contribution in [2.24, 2.45) is 0 Å². The van der Waals surface area contributed by atoms with Crippen LogP contribution in [0.4, 0.5) is 0 Å². The van der Waals surface area contributed by atoms with Crippen molar-refractivity contribution in [2.45, 2.75) is 25.9 Å². The first-order valence-electron chi connectivity index (χ1n) is 7.04. The van der Waals surface area contributed by atoms with E-state index in [4.69, 9.17) is 27.9 Å². The Morgan fingerprint density at radius 1 is 1.18 bits per heavy atom. The highest BCUT2D eigenvalue weighted by Gasteiger charge is 2.22. The first kappa shape index (κ1) is 14.2. The molecule has 0 spiro atoms. The van der Waals surface area contributed by atoms with Crippen LogP contribution >= 0.6 is 34.5 Å². The van der Waals surface area contributed by atoms with Crippen LogP contribution in [-0.2, 0) is 19.4 Å². The van der Waals surface area contributed by atoms with Gasteiger partial charge in [0.2, 0.25) is 5.88 Å². The maximum Gasteiger partial charge on any atom is 0.225 e. The molecule has 0 aliphatic heterocycles. The summed E-state index contributed by atoms with van der Waals surface area (Å²) < 4.78 is 5.94. The van der Waals surface area contributed by atoms with Crippen LogP contribution in [-0.4, -0.2) is 9.97 Å². The maximum atomic E-state index is 6.19. The Kier molecular flexibility index (Phi) is 3.68. The summed E-state index contributed by atoms with van der Waals surface area (Å²) in [5, 5.41) is 2.30. The van der Waals surface area contributed by atoms with Crippen LogP contribution in [0.3, 0.4) is 0 Å². The highest BCUT2D eigenvalue weighted by Crippen LogP contribution is 2.40. The van der Waals surface area contributed by atoms with Gasteiger partial charge in [-0.1, -0.05) is 29.3 Å². The average molecular weight is 351 g/mol. The molecule has 0 atom stereocenters. The van der Waals surface area contributed by atoms with Gasteiger partial charge in [-0.3, -0.25) is 0 Å². The van der Waals surface area contributed by atoms with E-state index in [1.807, 2.05) is 12.1 Å². The number of halogens is 2. The molecule has 22 heavy (non-hydrogen) atoms. The summed E-state index contributed by atoms with van der Waals surface area (Å²) in [6, 6.07) is 5.41. The zero-order chi connectivity index (χ0) is 15.1. The van der Waals surface area contributed by atoms with E-state index in [-0.39, 0.29) is 0 Å². The second-order valence-corrected chi connectivity index (χ2v) is 7.17. The Morgan fingerprint density at radius 3 is 2.95 bits per heavy atom.